The van der Waals surface area contributed by atoms with Crippen molar-refractivity contribution in [1.29, 1.82) is 0 Å². The average Bonchev–Trinajstić information content (AvgIpc) is 2.28. The van der Waals surface area contributed by atoms with E-state index < -0.39 is 5.60 Å². The minimum Gasteiger partial charge on any atom is -0.506 e. The van der Waals surface area contributed by atoms with E-state index in [-0.39, 0.29) is 23.9 Å². The lowest BCUT2D eigenvalue weighted by Crippen LogP contribution is -2.41. The van der Waals surface area contributed by atoms with Gasteiger partial charge in [-0.3, -0.25) is 4.79 Å². The number of carbonyl (C=O) groups is 1. The van der Waals surface area contributed by atoms with Crippen molar-refractivity contribution in [2.24, 2.45) is 5.92 Å². The number of phenolic OH excluding ortho intramolecular Hbond substituents is 1. The van der Waals surface area contributed by atoms with Crippen molar-refractivity contribution < 1.29 is 15.0 Å². The van der Waals surface area contributed by atoms with Gasteiger partial charge in [0.25, 0.3) is 5.91 Å². The van der Waals surface area contributed by atoms with E-state index in [0.29, 0.717) is 17.9 Å². The molecule has 0 aromatic heterocycles. The molecule has 0 spiro atoms. The van der Waals surface area contributed by atoms with E-state index in [1.165, 1.54) is 18.2 Å². The Balaban J connectivity index is 2.62. The van der Waals surface area contributed by atoms with Crippen molar-refractivity contribution in [1.82, 2.24) is 5.32 Å². The Morgan fingerprint density at radius 1 is 1.47 bits per heavy atom. The minimum absolute atomic E-state index is 0.124. The number of nitrogens with one attached hydrogen (secondary N) is 1. The summed E-state index contributed by atoms with van der Waals surface area (Å²) in [4.78, 5) is 11.9. The normalized spacial score (nSPS) is 14.2. The number of benzene rings is 1. The molecule has 1 unspecified atom stereocenters. The lowest BCUT2D eigenvalue weighted by molar-refractivity contribution is 0.0368. The minimum atomic E-state index is -0.945. The summed E-state index contributed by atoms with van der Waals surface area (Å²) in [5.74, 6) is -0.131. The Hall–Kier alpha value is -1.75. The van der Waals surface area contributed by atoms with Gasteiger partial charge in [-0.05, 0) is 37.5 Å². The first kappa shape index (κ1) is 15.3. The van der Waals surface area contributed by atoms with Crippen LogP contribution < -0.4 is 11.1 Å². The monoisotopic (exact) mass is 266 g/mol. The summed E-state index contributed by atoms with van der Waals surface area (Å²) >= 11 is 0. The lowest BCUT2D eigenvalue weighted by Gasteiger charge is -2.25. The fraction of sp³-hybridized carbons (Fsp3) is 0.500. The molecule has 1 aromatic carbocycles. The van der Waals surface area contributed by atoms with Gasteiger partial charge in [-0.1, -0.05) is 13.8 Å². The predicted molar refractivity (Wildman–Crippen MR) is 74.9 cm³/mol. The molecule has 1 atom stereocenters. The summed E-state index contributed by atoms with van der Waals surface area (Å²) in [5, 5.41) is 22.2. The molecule has 0 aliphatic rings. The number of rotatable bonds is 5. The van der Waals surface area contributed by atoms with Gasteiger partial charge in [0.15, 0.2) is 0 Å². The zero-order chi connectivity index (χ0) is 14.6. The molecule has 1 rings (SSSR count). The van der Waals surface area contributed by atoms with Gasteiger partial charge in [0.1, 0.15) is 5.75 Å². The number of anilines is 1. The number of hydrogen-bond acceptors (Lipinski definition) is 4. The van der Waals surface area contributed by atoms with E-state index in [2.05, 4.69) is 5.32 Å². The summed E-state index contributed by atoms with van der Waals surface area (Å²) in [5.41, 5.74) is 5.06. The summed E-state index contributed by atoms with van der Waals surface area (Å²) < 4.78 is 0. The summed E-state index contributed by atoms with van der Waals surface area (Å²) in [6, 6.07) is 4.31. The highest BCUT2D eigenvalue weighted by Gasteiger charge is 2.22. The third kappa shape index (κ3) is 4.79. The molecule has 5 nitrogen and oxygen atoms in total. The van der Waals surface area contributed by atoms with Crippen LogP contribution in [0.5, 0.6) is 5.75 Å². The maximum Gasteiger partial charge on any atom is 0.251 e. The molecule has 0 fully saturated rings. The molecule has 0 bridgehead atoms. The quantitative estimate of drug-likeness (QED) is 0.480. The Bertz CT molecular complexity index is 456. The number of nitrogen functional groups attached to an aromatic ring is 1. The number of carbonyl (C=O) groups excluding carboxylic acids is 1. The highest BCUT2D eigenvalue weighted by Crippen LogP contribution is 2.21. The van der Waals surface area contributed by atoms with Crippen LogP contribution in [0.25, 0.3) is 0 Å². The first-order valence-corrected chi connectivity index (χ1v) is 6.30. The van der Waals surface area contributed by atoms with E-state index in [1.54, 1.807) is 6.92 Å². The average molecular weight is 266 g/mol. The Labute approximate surface area is 113 Å². The van der Waals surface area contributed by atoms with Gasteiger partial charge >= 0.3 is 0 Å². The molecule has 5 heteroatoms. The van der Waals surface area contributed by atoms with E-state index in [1.807, 2.05) is 13.8 Å². The molecule has 19 heavy (non-hydrogen) atoms. The highest BCUT2D eigenvalue weighted by atomic mass is 16.3. The number of amides is 1. The van der Waals surface area contributed by atoms with Crippen LogP contribution in [0.4, 0.5) is 5.69 Å². The molecule has 106 valence electrons. The fourth-order valence-electron chi connectivity index (χ4n) is 2.01. The topological polar surface area (TPSA) is 95.6 Å². The largest absolute Gasteiger partial charge is 0.506 e. The fourth-order valence-corrected chi connectivity index (χ4v) is 2.01. The molecule has 0 saturated heterocycles. The first-order chi connectivity index (χ1) is 8.71. The van der Waals surface area contributed by atoms with Crippen LogP contribution in [-0.2, 0) is 0 Å². The molecule has 0 aliphatic heterocycles. The van der Waals surface area contributed by atoms with Crippen LogP contribution in [-0.4, -0.2) is 28.3 Å². The van der Waals surface area contributed by atoms with Crippen molar-refractivity contribution in [3.8, 4) is 5.75 Å². The van der Waals surface area contributed by atoms with Crippen LogP contribution in [0.3, 0.4) is 0 Å². The number of nitrogens with two attached hydrogens (primary N) is 1. The van der Waals surface area contributed by atoms with Gasteiger partial charge in [0, 0.05) is 12.1 Å². The van der Waals surface area contributed by atoms with Crippen molar-refractivity contribution in [3.05, 3.63) is 23.8 Å². The SMILES string of the molecule is CC(C)CC(C)(O)CNC(=O)c1ccc(N)c(O)c1. The second kappa shape index (κ2) is 5.93. The van der Waals surface area contributed by atoms with Crippen molar-refractivity contribution in [2.45, 2.75) is 32.8 Å². The van der Waals surface area contributed by atoms with E-state index >= 15 is 0 Å². The zero-order valence-electron chi connectivity index (χ0n) is 11.6. The van der Waals surface area contributed by atoms with Crippen LogP contribution in [0.15, 0.2) is 18.2 Å². The van der Waals surface area contributed by atoms with E-state index in [0.717, 1.165) is 0 Å². The van der Waals surface area contributed by atoms with Crippen LogP contribution in [0, 0.1) is 5.92 Å². The van der Waals surface area contributed by atoms with Crippen LogP contribution in [0.2, 0.25) is 0 Å². The Morgan fingerprint density at radius 3 is 2.63 bits per heavy atom. The smallest absolute Gasteiger partial charge is 0.251 e. The molecular formula is C14H22N2O3. The summed E-state index contributed by atoms with van der Waals surface area (Å²) in [6.45, 7) is 5.87. The van der Waals surface area contributed by atoms with Gasteiger partial charge in [0.2, 0.25) is 0 Å². The van der Waals surface area contributed by atoms with Gasteiger partial charge in [-0.25, -0.2) is 0 Å². The predicted octanol–water partition coefficient (Wildman–Crippen LogP) is 1.50. The summed E-state index contributed by atoms with van der Waals surface area (Å²) in [6.07, 6.45) is 0.597. The van der Waals surface area contributed by atoms with Gasteiger partial charge in [-0.15, -0.1) is 0 Å². The zero-order valence-corrected chi connectivity index (χ0v) is 11.6. The van der Waals surface area contributed by atoms with E-state index in [4.69, 9.17) is 5.73 Å². The number of aromatic hydroxyl groups is 1. The molecule has 1 aromatic rings. The number of phenols is 1. The van der Waals surface area contributed by atoms with Crippen molar-refractivity contribution in [2.75, 3.05) is 12.3 Å². The molecule has 5 N–H and O–H groups in total. The van der Waals surface area contributed by atoms with Crippen LogP contribution in [0.1, 0.15) is 37.6 Å². The maximum absolute atomic E-state index is 11.9. The first-order valence-electron chi connectivity index (χ1n) is 6.30. The Morgan fingerprint density at radius 2 is 2.11 bits per heavy atom. The maximum atomic E-state index is 11.9. The van der Waals surface area contributed by atoms with E-state index in [9.17, 15) is 15.0 Å². The van der Waals surface area contributed by atoms with Crippen LogP contribution >= 0.6 is 0 Å². The second-order valence-corrected chi connectivity index (χ2v) is 5.55. The molecular weight excluding hydrogens is 244 g/mol. The lowest BCUT2D eigenvalue weighted by atomic mass is 9.94. The Kier molecular flexibility index (Phi) is 4.78. The molecule has 1 amide bonds. The third-order valence-corrected chi connectivity index (χ3v) is 2.77. The second-order valence-electron chi connectivity index (χ2n) is 5.55. The molecule has 0 aliphatic carbocycles. The van der Waals surface area contributed by atoms with Gasteiger partial charge < -0.3 is 21.3 Å². The standard InChI is InChI=1S/C14H22N2O3/c1-9(2)7-14(3,19)8-16-13(18)10-4-5-11(15)12(17)6-10/h4-6,9,17,19H,7-8,15H2,1-3H3,(H,16,18). The number of hydrogen-bond donors (Lipinski definition) is 4. The van der Waals surface area contributed by atoms with Gasteiger partial charge in [-0.2, -0.15) is 0 Å². The van der Waals surface area contributed by atoms with Crippen molar-refractivity contribution >= 4 is 11.6 Å². The third-order valence-electron chi connectivity index (χ3n) is 2.77. The number of aliphatic hydroxyl groups is 1. The van der Waals surface area contributed by atoms with Crippen molar-refractivity contribution in [3.63, 3.8) is 0 Å². The molecule has 0 saturated carbocycles. The van der Waals surface area contributed by atoms with Gasteiger partial charge in [0.05, 0.1) is 11.3 Å². The molecule has 0 heterocycles. The molecule has 0 radical (unpaired) electrons. The summed E-state index contributed by atoms with van der Waals surface area (Å²) in [7, 11) is 0. The highest BCUT2D eigenvalue weighted by molar-refractivity contribution is 5.95.